The lowest BCUT2D eigenvalue weighted by atomic mass is 9.86. The molecule has 2 unspecified atom stereocenters. The molecule has 3 aromatic rings. The number of rotatable bonds is 5. The van der Waals surface area contributed by atoms with Crippen LogP contribution >= 0.6 is 0 Å². The van der Waals surface area contributed by atoms with Gasteiger partial charge in [0.05, 0.1) is 24.0 Å². The van der Waals surface area contributed by atoms with Gasteiger partial charge >= 0.3 is 0 Å². The van der Waals surface area contributed by atoms with Gasteiger partial charge in [0.2, 0.25) is 0 Å². The summed E-state index contributed by atoms with van der Waals surface area (Å²) in [5.74, 6) is 0.106. The Hall–Kier alpha value is -2.92. The van der Waals surface area contributed by atoms with Crippen LogP contribution < -0.4 is 0 Å². The van der Waals surface area contributed by atoms with Gasteiger partial charge in [-0.2, -0.15) is 5.10 Å². The van der Waals surface area contributed by atoms with Gasteiger partial charge in [0.25, 0.3) is 5.91 Å². The molecule has 2 atom stereocenters. The fourth-order valence-corrected chi connectivity index (χ4v) is 4.78. The molecule has 0 saturated carbocycles. The van der Waals surface area contributed by atoms with Crippen LogP contribution in [-0.2, 0) is 22.5 Å². The fourth-order valence-electron chi connectivity index (χ4n) is 4.78. The molecule has 5 rings (SSSR count). The van der Waals surface area contributed by atoms with Crippen molar-refractivity contribution in [3.63, 3.8) is 0 Å². The average Bonchev–Trinajstić information content (AvgIpc) is 3.50. The molecule has 1 aromatic heterocycles. The Bertz CT molecular complexity index is 1010. The lowest BCUT2D eigenvalue weighted by Gasteiger charge is -2.37. The van der Waals surface area contributed by atoms with Crippen LogP contribution in [0.15, 0.2) is 66.9 Å². The molecule has 0 radical (unpaired) electrons. The summed E-state index contributed by atoms with van der Waals surface area (Å²) in [4.78, 5) is 15.6. The molecule has 5 nitrogen and oxygen atoms in total. The van der Waals surface area contributed by atoms with Crippen molar-refractivity contribution in [3.8, 4) is 5.69 Å². The number of para-hydroxylation sites is 1. The summed E-state index contributed by atoms with van der Waals surface area (Å²) in [6, 6.07) is 20.7. The maximum absolute atomic E-state index is 13.6. The van der Waals surface area contributed by atoms with Gasteiger partial charge in [-0.15, -0.1) is 0 Å². The summed E-state index contributed by atoms with van der Waals surface area (Å²) in [6.07, 6.45) is 6.40. The fraction of sp³-hybridized carbons (Fsp3) is 0.360. The zero-order valence-electron chi connectivity index (χ0n) is 17.1. The van der Waals surface area contributed by atoms with Crippen molar-refractivity contribution in [1.82, 2.24) is 14.7 Å². The van der Waals surface area contributed by atoms with Gasteiger partial charge < -0.3 is 9.64 Å². The Labute approximate surface area is 177 Å². The molecule has 5 heteroatoms. The van der Waals surface area contributed by atoms with E-state index >= 15 is 0 Å². The van der Waals surface area contributed by atoms with Gasteiger partial charge in [0, 0.05) is 12.8 Å². The molecule has 0 bridgehead atoms. The molecular formula is C25H27N3O2. The van der Waals surface area contributed by atoms with Gasteiger partial charge in [-0.3, -0.25) is 4.79 Å². The van der Waals surface area contributed by atoms with Gasteiger partial charge in [-0.25, -0.2) is 4.68 Å². The number of amides is 1. The van der Waals surface area contributed by atoms with E-state index in [-0.39, 0.29) is 18.1 Å². The summed E-state index contributed by atoms with van der Waals surface area (Å²) >= 11 is 0. The first-order chi connectivity index (χ1) is 14.8. The minimum atomic E-state index is -0.327. The van der Waals surface area contributed by atoms with Crippen LogP contribution in [-0.4, -0.2) is 33.3 Å². The van der Waals surface area contributed by atoms with Crippen LogP contribution in [0.25, 0.3) is 5.69 Å². The molecule has 1 saturated heterocycles. The normalized spacial score (nSPS) is 20.7. The number of benzene rings is 2. The van der Waals surface area contributed by atoms with Crippen molar-refractivity contribution in [2.45, 2.75) is 50.8 Å². The SMILES string of the molecule is O=C(C1CCCO1)N(Cc1ccnn1-c1ccccc1)C1CCCc2ccccc21. The van der Waals surface area contributed by atoms with Crippen molar-refractivity contribution in [1.29, 1.82) is 0 Å². The van der Waals surface area contributed by atoms with Crippen LogP contribution in [0, 0.1) is 0 Å². The minimum Gasteiger partial charge on any atom is -0.368 e. The summed E-state index contributed by atoms with van der Waals surface area (Å²) in [7, 11) is 0. The molecule has 2 heterocycles. The number of nitrogens with zero attached hydrogens (tertiary/aromatic N) is 3. The summed E-state index contributed by atoms with van der Waals surface area (Å²) in [6.45, 7) is 1.19. The second kappa shape index (κ2) is 8.44. The summed E-state index contributed by atoms with van der Waals surface area (Å²) < 4.78 is 7.73. The first-order valence-electron chi connectivity index (χ1n) is 10.9. The first-order valence-corrected chi connectivity index (χ1v) is 10.9. The molecule has 30 heavy (non-hydrogen) atoms. The molecule has 1 aliphatic heterocycles. The quantitative estimate of drug-likeness (QED) is 0.634. The maximum atomic E-state index is 13.6. The number of fused-ring (bicyclic) bond motifs is 1. The Morgan fingerprint density at radius 2 is 1.87 bits per heavy atom. The summed E-state index contributed by atoms with van der Waals surface area (Å²) in [5.41, 5.74) is 4.65. The van der Waals surface area contributed by atoms with E-state index < -0.39 is 0 Å². The van der Waals surface area contributed by atoms with Crippen molar-refractivity contribution in [2.75, 3.05) is 6.61 Å². The molecule has 0 N–H and O–H groups in total. The number of carbonyl (C=O) groups excluding carboxylic acids is 1. The van der Waals surface area contributed by atoms with Crippen LogP contribution in [0.1, 0.15) is 48.5 Å². The largest absolute Gasteiger partial charge is 0.368 e. The highest BCUT2D eigenvalue weighted by atomic mass is 16.5. The zero-order chi connectivity index (χ0) is 20.3. The monoisotopic (exact) mass is 401 g/mol. The van der Waals surface area contributed by atoms with Crippen LogP contribution in [0.4, 0.5) is 0 Å². The van der Waals surface area contributed by atoms with Crippen LogP contribution in [0.3, 0.4) is 0 Å². The Morgan fingerprint density at radius 3 is 2.70 bits per heavy atom. The average molecular weight is 402 g/mol. The van der Waals surface area contributed by atoms with Crippen LogP contribution in [0.5, 0.6) is 0 Å². The second-order valence-corrected chi connectivity index (χ2v) is 8.14. The Kier molecular flexibility index (Phi) is 5.37. The molecule has 1 fully saturated rings. The molecule has 1 amide bonds. The first kappa shape index (κ1) is 19.1. The van der Waals surface area contributed by atoms with E-state index in [1.54, 1.807) is 0 Å². The van der Waals surface area contributed by atoms with E-state index in [0.717, 1.165) is 43.5 Å². The lowest BCUT2D eigenvalue weighted by Crippen LogP contribution is -2.42. The van der Waals surface area contributed by atoms with Crippen molar-refractivity contribution in [3.05, 3.63) is 83.7 Å². The number of ether oxygens (including phenoxy) is 1. The highest BCUT2D eigenvalue weighted by molar-refractivity contribution is 5.81. The van der Waals surface area contributed by atoms with Gasteiger partial charge in [-0.1, -0.05) is 42.5 Å². The Morgan fingerprint density at radius 1 is 1.03 bits per heavy atom. The number of hydrogen-bond donors (Lipinski definition) is 0. The van der Waals surface area contributed by atoms with E-state index in [2.05, 4.69) is 29.4 Å². The molecule has 154 valence electrons. The third-order valence-electron chi connectivity index (χ3n) is 6.26. The highest BCUT2D eigenvalue weighted by Gasteiger charge is 2.35. The number of aryl methyl sites for hydroxylation is 1. The van der Waals surface area contributed by atoms with Crippen molar-refractivity contribution >= 4 is 5.91 Å². The number of carbonyl (C=O) groups is 1. The number of aromatic nitrogens is 2. The van der Waals surface area contributed by atoms with Gasteiger partial charge in [0.1, 0.15) is 6.10 Å². The minimum absolute atomic E-state index is 0.0748. The Balaban J connectivity index is 1.51. The third-order valence-corrected chi connectivity index (χ3v) is 6.26. The van der Waals surface area contributed by atoms with Crippen molar-refractivity contribution < 1.29 is 9.53 Å². The highest BCUT2D eigenvalue weighted by Crippen LogP contribution is 2.36. The summed E-state index contributed by atoms with van der Waals surface area (Å²) in [5, 5.41) is 4.53. The molecule has 2 aliphatic rings. The standard InChI is InChI=1S/C25H27N3O2/c29-25(24-14-7-17-30-24)27(23-13-6-9-19-8-4-5-12-22(19)23)18-21-15-16-26-28(21)20-10-2-1-3-11-20/h1-5,8,10-12,15-16,23-24H,6-7,9,13-14,17-18H2. The smallest absolute Gasteiger partial charge is 0.252 e. The molecular weight excluding hydrogens is 374 g/mol. The van der Waals surface area contributed by atoms with E-state index in [1.165, 1.54) is 11.1 Å². The van der Waals surface area contributed by atoms with Crippen molar-refractivity contribution in [2.24, 2.45) is 0 Å². The predicted molar refractivity (Wildman–Crippen MR) is 115 cm³/mol. The van der Waals surface area contributed by atoms with Crippen LogP contribution in [0.2, 0.25) is 0 Å². The topological polar surface area (TPSA) is 47.4 Å². The van der Waals surface area contributed by atoms with E-state index in [9.17, 15) is 4.79 Å². The third kappa shape index (κ3) is 3.65. The second-order valence-electron chi connectivity index (χ2n) is 8.14. The lowest BCUT2D eigenvalue weighted by molar-refractivity contribution is -0.144. The maximum Gasteiger partial charge on any atom is 0.252 e. The van der Waals surface area contributed by atoms with Gasteiger partial charge in [-0.05, 0) is 61.4 Å². The molecule has 2 aromatic carbocycles. The molecule has 0 spiro atoms. The van der Waals surface area contributed by atoms with Gasteiger partial charge in [0.15, 0.2) is 0 Å². The number of hydrogen-bond acceptors (Lipinski definition) is 3. The zero-order valence-corrected chi connectivity index (χ0v) is 17.1. The van der Waals surface area contributed by atoms with E-state index in [0.29, 0.717) is 13.2 Å². The van der Waals surface area contributed by atoms with E-state index in [1.807, 2.05) is 52.2 Å². The predicted octanol–water partition coefficient (Wildman–Crippen LogP) is 4.46. The van der Waals surface area contributed by atoms with E-state index in [4.69, 9.17) is 4.74 Å². The molecule has 1 aliphatic carbocycles.